The zero-order valence-electron chi connectivity index (χ0n) is 6.95. The predicted octanol–water partition coefficient (Wildman–Crippen LogP) is 2.23. The fourth-order valence-corrected chi connectivity index (χ4v) is 1.63. The standard InChI is InChI=1S/C10H8N2O/c1-2-9-8(3-4-13-9)10-7(1)5-11-6-12-10/h1-5,12H,6H2. The molecule has 0 radical (unpaired) electrons. The Kier molecular flexibility index (Phi) is 1.22. The fourth-order valence-electron chi connectivity index (χ4n) is 1.63. The number of aliphatic imine (C=N–C) groups is 1. The van der Waals surface area contributed by atoms with E-state index in [4.69, 9.17) is 4.42 Å². The minimum absolute atomic E-state index is 0.650. The van der Waals surface area contributed by atoms with Crippen molar-refractivity contribution in [3.63, 3.8) is 0 Å². The van der Waals surface area contributed by atoms with Crippen molar-refractivity contribution in [2.75, 3.05) is 12.0 Å². The van der Waals surface area contributed by atoms with Crippen molar-refractivity contribution in [2.24, 2.45) is 4.99 Å². The molecule has 1 N–H and O–H groups in total. The van der Waals surface area contributed by atoms with Gasteiger partial charge in [-0.25, -0.2) is 0 Å². The maximum atomic E-state index is 5.30. The van der Waals surface area contributed by atoms with Gasteiger partial charge in [-0.3, -0.25) is 4.99 Å². The predicted molar refractivity (Wildman–Crippen MR) is 52.3 cm³/mol. The van der Waals surface area contributed by atoms with Crippen LogP contribution in [0.25, 0.3) is 11.0 Å². The fraction of sp³-hybridized carbons (Fsp3) is 0.100. The van der Waals surface area contributed by atoms with Crippen LogP contribution in [0.4, 0.5) is 5.69 Å². The third kappa shape index (κ3) is 0.869. The topological polar surface area (TPSA) is 37.5 Å². The van der Waals surface area contributed by atoms with Crippen LogP contribution in [0.5, 0.6) is 0 Å². The lowest BCUT2D eigenvalue weighted by atomic mass is 10.1. The van der Waals surface area contributed by atoms with Gasteiger partial charge < -0.3 is 9.73 Å². The van der Waals surface area contributed by atoms with Crippen molar-refractivity contribution < 1.29 is 4.42 Å². The first-order valence-electron chi connectivity index (χ1n) is 4.19. The number of anilines is 1. The summed E-state index contributed by atoms with van der Waals surface area (Å²) in [5, 5.41) is 4.36. The lowest BCUT2D eigenvalue weighted by Crippen LogP contribution is -2.07. The van der Waals surface area contributed by atoms with E-state index in [1.165, 1.54) is 0 Å². The Morgan fingerprint density at radius 1 is 1.31 bits per heavy atom. The SMILES string of the molecule is C1=NCNc2c1ccc1occc21. The molecule has 1 aliphatic rings. The van der Waals surface area contributed by atoms with E-state index in [1.54, 1.807) is 6.26 Å². The number of hydrogen-bond acceptors (Lipinski definition) is 3. The van der Waals surface area contributed by atoms with E-state index < -0.39 is 0 Å². The third-order valence-corrected chi connectivity index (χ3v) is 2.24. The van der Waals surface area contributed by atoms with Crippen LogP contribution < -0.4 is 5.32 Å². The van der Waals surface area contributed by atoms with Gasteiger partial charge in [-0.15, -0.1) is 0 Å². The second-order valence-electron chi connectivity index (χ2n) is 3.01. The van der Waals surface area contributed by atoms with Gasteiger partial charge in [0.15, 0.2) is 0 Å². The lowest BCUT2D eigenvalue weighted by molar-refractivity contribution is 0.616. The first kappa shape index (κ1) is 6.71. The monoisotopic (exact) mass is 172 g/mol. The number of furan rings is 1. The summed E-state index contributed by atoms with van der Waals surface area (Å²) in [5.74, 6) is 0. The molecule has 3 rings (SSSR count). The minimum Gasteiger partial charge on any atom is -0.464 e. The Balaban J connectivity index is 2.42. The van der Waals surface area contributed by atoms with Gasteiger partial charge in [-0.2, -0.15) is 0 Å². The van der Waals surface area contributed by atoms with E-state index in [0.29, 0.717) is 6.67 Å². The summed E-state index contributed by atoms with van der Waals surface area (Å²) in [6.07, 6.45) is 3.59. The van der Waals surface area contributed by atoms with Gasteiger partial charge in [0.05, 0.1) is 12.0 Å². The van der Waals surface area contributed by atoms with E-state index in [2.05, 4.69) is 10.3 Å². The average molecular weight is 172 g/mol. The van der Waals surface area contributed by atoms with E-state index in [0.717, 1.165) is 22.2 Å². The molecule has 0 saturated heterocycles. The zero-order chi connectivity index (χ0) is 8.67. The van der Waals surface area contributed by atoms with E-state index >= 15 is 0 Å². The van der Waals surface area contributed by atoms with Crippen LogP contribution in [0, 0.1) is 0 Å². The highest BCUT2D eigenvalue weighted by atomic mass is 16.3. The second kappa shape index (κ2) is 2.36. The summed E-state index contributed by atoms with van der Waals surface area (Å²) in [6, 6.07) is 5.95. The summed E-state index contributed by atoms with van der Waals surface area (Å²) in [6.45, 7) is 0.650. The van der Waals surface area contributed by atoms with Gasteiger partial charge in [-0.05, 0) is 18.2 Å². The molecule has 13 heavy (non-hydrogen) atoms. The summed E-state index contributed by atoms with van der Waals surface area (Å²) in [5.41, 5.74) is 3.17. The first-order valence-corrected chi connectivity index (χ1v) is 4.19. The number of rotatable bonds is 0. The van der Waals surface area contributed by atoms with Crippen LogP contribution >= 0.6 is 0 Å². The second-order valence-corrected chi connectivity index (χ2v) is 3.01. The molecular formula is C10H8N2O. The van der Waals surface area contributed by atoms with Gasteiger partial charge in [0.1, 0.15) is 12.3 Å². The molecule has 0 bridgehead atoms. The van der Waals surface area contributed by atoms with Gasteiger partial charge in [0, 0.05) is 17.2 Å². The number of hydrogen-bond donors (Lipinski definition) is 1. The molecule has 0 fully saturated rings. The maximum absolute atomic E-state index is 5.30. The molecule has 64 valence electrons. The smallest absolute Gasteiger partial charge is 0.135 e. The summed E-state index contributed by atoms with van der Waals surface area (Å²) < 4.78 is 5.30. The Bertz CT molecular complexity index is 485. The number of benzene rings is 1. The van der Waals surface area contributed by atoms with Crippen LogP contribution in [0.15, 0.2) is 33.9 Å². The summed E-state index contributed by atoms with van der Waals surface area (Å²) in [4.78, 5) is 4.14. The van der Waals surface area contributed by atoms with Gasteiger partial charge in [0.25, 0.3) is 0 Å². The number of nitrogens with one attached hydrogen (secondary N) is 1. The Morgan fingerprint density at radius 3 is 3.31 bits per heavy atom. The van der Waals surface area contributed by atoms with Crippen molar-refractivity contribution in [3.05, 3.63) is 30.0 Å². The Labute approximate surface area is 75.1 Å². The summed E-state index contributed by atoms with van der Waals surface area (Å²) in [7, 11) is 0. The normalized spacial score (nSPS) is 14.2. The van der Waals surface area contributed by atoms with Crippen LogP contribution in [-0.4, -0.2) is 12.9 Å². The molecule has 2 heterocycles. The van der Waals surface area contributed by atoms with Crippen molar-refractivity contribution in [1.29, 1.82) is 0 Å². The molecule has 0 spiro atoms. The molecule has 1 aromatic heterocycles. The van der Waals surface area contributed by atoms with Gasteiger partial charge in [-0.1, -0.05) is 0 Å². The molecule has 0 unspecified atom stereocenters. The van der Waals surface area contributed by atoms with Crippen LogP contribution in [0.3, 0.4) is 0 Å². The zero-order valence-corrected chi connectivity index (χ0v) is 6.95. The van der Waals surface area contributed by atoms with Crippen LogP contribution in [-0.2, 0) is 0 Å². The molecule has 0 atom stereocenters. The van der Waals surface area contributed by atoms with Crippen molar-refractivity contribution >= 4 is 22.9 Å². The first-order chi connectivity index (χ1) is 6.45. The lowest BCUT2D eigenvalue weighted by Gasteiger charge is -2.12. The van der Waals surface area contributed by atoms with Crippen molar-refractivity contribution in [2.45, 2.75) is 0 Å². The quantitative estimate of drug-likeness (QED) is 0.661. The van der Waals surface area contributed by atoms with Crippen LogP contribution in [0.2, 0.25) is 0 Å². The summed E-state index contributed by atoms with van der Waals surface area (Å²) >= 11 is 0. The van der Waals surface area contributed by atoms with Gasteiger partial charge in [0.2, 0.25) is 0 Å². The molecule has 3 nitrogen and oxygen atoms in total. The van der Waals surface area contributed by atoms with E-state index in [1.807, 2.05) is 24.4 Å². The molecule has 3 heteroatoms. The van der Waals surface area contributed by atoms with Crippen molar-refractivity contribution in [3.8, 4) is 0 Å². The van der Waals surface area contributed by atoms with E-state index in [-0.39, 0.29) is 0 Å². The molecule has 0 amide bonds. The van der Waals surface area contributed by atoms with Crippen molar-refractivity contribution in [1.82, 2.24) is 0 Å². The third-order valence-electron chi connectivity index (χ3n) is 2.24. The van der Waals surface area contributed by atoms with E-state index in [9.17, 15) is 0 Å². The molecular weight excluding hydrogens is 164 g/mol. The molecule has 1 aliphatic heterocycles. The molecule has 0 saturated carbocycles. The number of nitrogens with zero attached hydrogens (tertiary/aromatic N) is 1. The highest BCUT2D eigenvalue weighted by molar-refractivity contribution is 6.02. The highest BCUT2D eigenvalue weighted by Gasteiger charge is 2.09. The maximum Gasteiger partial charge on any atom is 0.135 e. The molecule has 0 aliphatic carbocycles. The minimum atomic E-state index is 0.650. The van der Waals surface area contributed by atoms with Crippen LogP contribution in [0.1, 0.15) is 5.56 Å². The largest absolute Gasteiger partial charge is 0.464 e. The molecule has 2 aromatic rings. The highest BCUT2D eigenvalue weighted by Crippen LogP contribution is 2.28. The Hall–Kier alpha value is -1.77. The molecule has 1 aromatic carbocycles. The average Bonchev–Trinajstić information content (AvgIpc) is 2.65. The van der Waals surface area contributed by atoms with Gasteiger partial charge >= 0.3 is 0 Å². The number of fused-ring (bicyclic) bond motifs is 3. The Morgan fingerprint density at radius 2 is 2.31 bits per heavy atom.